The largest absolute Gasteiger partial charge is 0.497 e. The van der Waals surface area contributed by atoms with Gasteiger partial charge < -0.3 is 10.1 Å². The zero-order valence-corrected chi connectivity index (χ0v) is 14.2. The minimum atomic E-state index is 0.181. The lowest BCUT2D eigenvalue weighted by Crippen LogP contribution is -2.29. The molecule has 0 fully saturated rings. The van der Waals surface area contributed by atoms with E-state index in [1.807, 2.05) is 24.3 Å². The van der Waals surface area contributed by atoms with Gasteiger partial charge in [-0.05, 0) is 53.8 Å². The molecule has 0 bridgehead atoms. The summed E-state index contributed by atoms with van der Waals surface area (Å²) in [6, 6.07) is 12.2. The predicted octanol–water partition coefficient (Wildman–Crippen LogP) is 5.83. The van der Waals surface area contributed by atoms with E-state index in [4.69, 9.17) is 27.9 Å². The maximum Gasteiger partial charge on any atom is 0.119 e. The summed E-state index contributed by atoms with van der Waals surface area (Å²) in [5.41, 5.74) is 3.55. The van der Waals surface area contributed by atoms with Crippen molar-refractivity contribution in [3.8, 4) is 5.75 Å². The van der Waals surface area contributed by atoms with Crippen LogP contribution in [0.15, 0.2) is 48.6 Å². The molecule has 118 valence electrons. The molecular weight excluding hydrogens is 329 g/mol. The molecule has 1 aliphatic heterocycles. The smallest absolute Gasteiger partial charge is 0.119 e. The molecule has 23 heavy (non-hydrogen) atoms. The average molecular weight is 346 g/mol. The van der Waals surface area contributed by atoms with Gasteiger partial charge in [-0.1, -0.05) is 41.4 Å². The van der Waals surface area contributed by atoms with Gasteiger partial charge in [0.2, 0.25) is 0 Å². The van der Waals surface area contributed by atoms with Crippen LogP contribution in [0.3, 0.4) is 0 Å². The third-order valence-corrected chi connectivity index (χ3v) is 5.43. The van der Waals surface area contributed by atoms with Crippen LogP contribution in [0.5, 0.6) is 5.75 Å². The molecule has 0 saturated heterocycles. The standard InChI is InChI=1S/C19H17Cl2NO/c1-23-12-6-8-18-16(10-12)13-3-2-4-14(13)19(22-18)15-7-5-11(20)9-17(15)21/h2-3,5-10,13-14,19,22H,4H2,1H3/t13-,14+,19-/m1/s1. The summed E-state index contributed by atoms with van der Waals surface area (Å²) in [6.07, 6.45) is 5.61. The van der Waals surface area contributed by atoms with Gasteiger partial charge in [-0.2, -0.15) is 0 Å². The molecule has 0 amide bonds. The Hall–Kier alpha value is -1.64. The molecule has 2 aromatic carbocycles. The Kier molecular flexibility index (Phi) is 3.74. The number of halogens is 2. The van der Waals surface area contributed by atoms with Crippen LogP contribution in [0.4, 0.5) is 5.69 Å². The topological polar surface area (TPSA) is 21.3 Å². The van der Waals surface area contributed by atoms with Crippen LogP contribution < -0.4 is 10.1 Å². The molecule has 4 heteroatoms. The Labute approximate surface area is 146 Å². The number of fused-ring (bicyclic) bond motifs is 3. The van der Waals surface area contributed by atoms with Crippen LogP contribution in [-0.4, -0.2) is 7.11 Å². The minimum absolute atomic E-state index is 0.181. The van der Waals surface area contributed by atoms with Gasteiger partial charge in [0.15, 0.2) is 0 Å². The fourth-order valence-electron chi connectivity index (χ4n) is 3.76. The molecule has 4 rings (SSSR count). The summed E-state index contributed by atoms with van der Waals surface area (Å²) in [5, 5.41) is 5.06. The third kappa shape index (κ3) is 2.50. The lowest BCUT2D eigenvalue weighted by atomic mass is 9.77. The number of ether oxygens (including phenoxy) is 1. The lowest BCUT2D eigenvalue weighted by molar-refractivity contribution is 0.405. The summed E-state index contributed by atoms with van der Waals surface area (Å²) < 4.78 is 5.38. The number of benzene rings is 2. The highest BCUT2D eigenvalue weighted by molar-refractivity contribution is 6.35. The molecule has 2 nitrogen and oxygen atoms in total. The third-order valence-electron chi connectivity index (χ3n) is 4.87. The Balaban J connectivity index is 1.79. The summed E-state index contributed by atoms with van der Waals surface area (Å²) in [6.45, 7) is 0. The molecule has 1 aliphatic carbocycles. The number of allylic oxidation sites excluding steroid dienone is 2. The van der Waals surface area contributed by atoms with Gasteiger partial charge in [0.1, 0.15) is 5.75 Å². The van der Waals surface area contributed by atoms with Gasteiger partial charge in [0.05, 0.1) is 13.2 Å². The van der Waals surface area contributed by atoms with E-state index < -0.39 is 0 Å². The zero-order valence-electron chi connectivity index (χ0n) is 12.7. The molecule has 0 spiro atoms. The van der Waals surface area contributed by atoms with Crippen molar-refractivity contribution < 1.29 is 4.74 Å². The van der Waals surface area contributed by atoms with Crippen LogP contribution in [0, 0.1) is 5.92 Å². The van der Waals surface area contributed by atoms with Gasteiger partial charge in [0, 0.05) is 21.7 Å². The molecule has 1 N–H and O–H groups in total. The number of nitrogens with one attached hydrogen (secondary N) is 1. The Morgan fingerprint density at radius 1 is 1.09 bits per heavy atom. The molecule has 0 radical (unpaired) electrons. The van der Waals surface area contributed by atoms with Crippen LogP contribution in [-0.2, 0) is 0 Å². The quantitative estimate of drug-likeness (QED) is 0.691. The van der Waals surface area contributed by atoms with Gasteiger partial charge >= 0.3 is 0 Å². The van der Waals surface area contributed by atoms with Crippen LogP contribution in [0.2, 0.25) is 10.0 Å². The number of hydrogen-bond acceptors (Lipinski definition) is 2. The van der Waals surface area contributed by atoms with Gasteiger partial charge in [-0.25, -0.2) is 0 Å². The van der Waals surface area contributed by atoms with E-state index in [0.29, 0.717) is 16.9 Å². The highest BCUT2D eigenvalue weighted by Crippen LogP contribution is 2.51. The first-order chi connectivity index (χ1) is 11.2. The average Bonchev–Trinajstić information content (AvgIpc) is 3.04. The molecule has 2 aromatic rings. The van der Waals surface area contributed by atoms with Gasteiger partial charge in [-0.3, -0.25) is 0 Å². The molecule has 0 unspecified atom stereocenters. The fourth-order valence-corrected chi connectivity index (χ4v) is 4.29. The summed E-state index contributed by atoms with van der Waals surface area (Å²) in [7, 11) is 1.70. The van der Waals surface area contributed by atoms with E-state index >= 15 is 0 Å². The summed E-state index contributed by atoms with van der Waals surface area (Å²) in [4.78, 5) is 0. The maximum absolute atomic E-state index is 6.46. The Bertz CT molecular complexity index is 787. The van der Waals surface area contributed by atoms with E-state index in [9.17, 15) is 0 Å². The monoisotopic (exact) mass is 345 g/mol. The van der Waals surface area contributed by atoms with Crippen molar-refractivity contribution in [2.24, 2.45) is 5.92 Å². The highest BCUT2D eigenvalue weighted by atomic mass is 35.5. The minimum Gasteiger partial charge on any atom is -0.497 e. The first-order valence-corrected chi connectivity index (χ1v) is 8.49. The number of hydrogen-bond donors (Lipinski definition) is 1. The van der Waals surface area contributed by atoms with Crippen LogP contribution >= 0.6 is 23.2 Å². The Morgan fingerprint density at radius 3 is 2.74 bits per heavy atom. The number of anilines is 1. The predicted molar refractivity (Wildman–Crippen MR) is 95.8 cm³/mol. The number of methoxy groups -OCH3 is 1. The molecule has 0 saturated carbocycles. The van der Waals surface area contributed by atoms with Crippen LogP contribution in [0.25, 0.3) is 0 Å². The highest BCUT2D eigenvalue weighted by Gasteiger charge is 2.38. The van der Waals surface area contributed by atoms with Crippen molar-refractivity contribution in [1.29, 1.82) is 0 Å². The Morgan fingerprint density at radius 2 is 1.96 bits per heavy atom. The normalized spacial score (nSPS) is 24.7. The van der Waals surface area contributed by atoms with Gasteiger partial charge in [-0.15, -0.1) is 0 Å². The lowest BCUT2D eigenvalue weighted by Gasteiger charge is -2.38. The van der Waals surface area contributed by atoms with Crippen molar-refractivity contribution in [2.45, 2.75) is 18.4 Å². The van der Waals surface area contributed by atoms with Crippen molar-refractivity contribution in [3.63, 3.8) is 0 Å². The van der Waals surface area contributed by atoms with Crippen molar-refractivity contribution >= 4 is 28.9 Å². The maximum atomic E-state index is 6.46. The first-order valence-electron chi connectivity index (χ1n) is 7.73. The SMILES string of the molecule is COc1ccc2c(c1)[C@@H]1C=CC[C@@H]1[C@H](c1ccc(Cl)cc1Cl)N2. The van der Waals surface area contributed by atoms with E-state index in [-0.39, 0.29) is 6.04 Å². The zero-order chi connectivity index (χ0) is 16.0. The van der Waals surface area contributed by atoms with Crippen LogP contribution in [0.1, 0.15) is 29.5 Å². The molecular formula is C19H17Cl2NO. The second kappa shape index (κ2) is 5.77. The van der Waals surface area contributed by atoms with E-state index in [2.05, 4.69) is 29.6 Å². The fraction of sp³-hybridized carbons (Fsp3) is 0.263. The summed E-state index contributed by atoms with van der Waals surface area (Å²) >= 11 is 12.5. The first kappa shape index (κ1) is 14.9. The van der Waals surface area contributed by atoms with Crippen molar-refractivity contribution in [1.82, 2.24) is 0 Å². The second-order valence-corrected chi connectivity index (χ2v) is 6.94. The van der Waals surface area contributed by atoms with E-state index in [1.54, 1.807) is 7.11 Å². The molecule has 3 atom stereocenters. The van der Waals surface area contributed by atoms with Gasteiger partial charge in [0.25, 0.3) is 0 Å². The van der Waals surface area contributed by atoms with Crippen molar-refractivity contribution in [3.05, 3.63) is 69.7 Å². The summed E-state index contributed by atoms with van der Waals surface area (Å²) in [5.74, 6) is 1.74. The van der Waals surface area contributed by atoms with Crippen molar-refractivity contribution in [2.75, 3.05) is 12.4 Å². The van der Waals surface area contributed by atoms with E-state index in [1.165, 1.54) is 5.56 Å². The second-order valence-electron chi connectivity index (χ2n) is 6.09. The van der Waals surface area contributed by atoms with E-state index in [0.717, 1.165) is 28.4 Å². The molecule has 0 aromatic heterocycles. The number of rotatable bonds is 2. The molecule has 2 aliphatic rings. The molecule has 1 heterocycles.